The summed E-state index contributed by atoms with van der Waals surface area (Å²) in [7, 11) is 3.60. The molecule has 0 unspecified atom stereocenters. The molecule has 6 heteroatoms. The fourth-order valence-corrected chi connectivity index (χ4v) is 2.78. The predicted molar refractivity (Wildman–Crippen MR) is 112 cm³/mol. The SMILES string of the molecule is CN1C(=O)/C(=C\c2ccc(N(C)CCO)cc2)N=C1/C=C/c1ccc(O)cc1. The van der Waals surface area contributed by atoms with Crippen molar-refractivity contribution >= 4 is 29.6 Å². The lowest BCUT2D eigenvalue weighted by Gasteiger charge is -2.17. The molecule has 144 valence electrons. The summed E-state index contributed by atoms with van der Waals surface area (Å²) in [4.78, 5) is 20.4. The van der Waals surface area contributed by atoms with Gasteiger partial charge in [0.1, 0.15) is 17.3 Å². The molecule has 2 aromatic rings. The number of benzene rings is 2. The summed E-state index contributed by atoms with van der Waals surface area (Å²) < 4.78 is 0. The number of carbonyl (C=O) groups is 1. The van der Waals surface area contributed by atoms with Gasteiger partial charge >= 0.3 is 0 Å². The van der Waals surface area contributed by atoms with Gasteiger partial charge in [0.25, 0.3) is 5.91 Å². The number of aliphatic hydroxyl groups is 1. The Morgan fingerprint density at radius 1 is 1.04 bits per heavy atom. The first kappa shape index (κ1) is 19.4. The number of phenolic OH excluding ortho intramolecular Hbond substituents is 1. The van der Waals surface area contributed by atoms with Crippen LogP contribution in [0.4, 0.5) is 5.69 Å². The number of amidine groups is 1. The molecule has 0 radical (unpaired) electrons. The maximum atomic E-state index is 12.5. The van der Waals surface area contributed by atoms with Gasteiger partial charge in [-0.3, -0.25) is 9.69 Å². The Balaban J connectivity index is 1.78. The number of carbonyl (C=O) groups excluding carboxylic acids is 1. The monoisotopic (exact) mass is 377 g/mol. The van der Waals surface area contributed by atoms with Crippen molar-refractivity contribution in [3.63, 3.8) is 0 Å². The van der Waals surface area contributed by atoms with E-state index >= 15 is 0 Å². The summed E-state index contributed by atoms with van der Waals surface area (Å²) in [6, 6.07) is 14.5. The lowest BCUT2D eigenvalue weighted by atomic mass is 10.1. The number of rotatable bonds is 6. The van der Waals surface area contributed by atoms with Crippen LogP contribution in [-0.2, 0) is 4.79 Å². The fourth-order valence-electron chi connectivity index (χ4n) is 2.78. The fraction of sp³-hybridized carbons (Fsp3) is 0.182. The molecule has 28 heavy (non-hydrogen) atoms. The molecule has 1 aliphatic heterocycles. The molecule has 0 fully saturated rings. The number of aliphatic imine (C=N–C) groups is 1. The van der Waals surface area contributed by atoms with Crippen LogP contribution in [0.1, 0.15) is 11.1 Å². The van der Waals surface area contributed by atoms with Gasteiger partial charge in [-0.2, -0.15) is 0 Å². The third-order valence-electron chi connectivity index (χ3n) is 4.49. The first-order valence-electron chi connectivity index (χ1n) is 8.95. The van der Waals surface area contributed by atoms with Crippen molar-refractivity contribution in [2.24, 2.45) is 4.99 Å². The molecule has 2 N–H and O–H groups in total. The van der Waals surface area contributed by atoms with Crippen molar-refractivity contribution < 1.29 is 15.0 Å². The number of likely N-dealkylation sites (N-methyl/N-ethyl adjacent to an activating group) is 2. The number of aromatic hydroxyl groups is 1. The molecule has 1 aliphatic rings. The number of aliphatic hydroxyl groups excluding tert-OH is 1. The second kappa shape index (κ2) is 8.54. The van der Waals surface area contributed by atoms with E-state index in [-0.39, 0.29) is 18.3 Å². The third-order valence-corrected chi connectivity index (χ3v) is 4.49. The highest BCUT2D eigenvalue weighted by atomic mass is 16.3. The molecule has 0 aliphatic carbocycles. The standard InChI is InChI=1S/C22H23N3O3/c1-24(13-14-26)18-8-3-17(4-9-18)15-20-22(28)25(2)21(23-20)12-7-16-5-10-19(27)11-6-16/h3-12,15,26-27H,13-14H2,1-2H3/b12-7+,20-15+. The van der Waals surface area contributed by atoms with Crippen molar-refractivity contribution in [2.45, 2.75) is 0 Å². The van der Waals surface area contributed by atoms with E-state index in [2.05, 4.69) is 4.99 Å². The highest BCUT2D eigenvalue weighted by Gasteiger charge is 2.25. The van der Waals surface area contributed by atoms with Gasteiger partial charge < -0.3 is 15.1 Å². The summed E-state index contributed by atoms with van der Waals surface area (Å²) >= 11 is 0. The van der Waals surface area contributed by atoms with E-state index in [1.807, 2.05) is 42.3 Å². The number of anilines is 1. The molecule has 3 rings (SSSR count). The average molecular weight is 377 g/mol. The summed E-state index contributed by atoms with van der Waals surface area (Å²) in [6.07, 6.45) is 5.38. The molecule has 0 saturated heterocycles. The largest absolute Gasteiger partial charge is 0.508 e. The summed E-state index contributed by atoms with van der Waals surface area (Å²) in [5.74, 6) is 0.608. The summed E-state index contributed by atoms with van der Waals surface area (Å²) in [5.41, 5.74) is 3.16. The molecule has 6 nitrogen and oxygen atoms in total. The summed E-state index contributed by atoms with van der Waals surface area (Å²) in [6.45, 7) is 0.656. The van der Waals surface area contributed by atoms with Crippen molar-refractivity contribution in [3.8, 4) is 5.75 Å². The van der Waals surface area contributed by atoms with Crippen LogP contribution in [-0.4, -0.2) is 54.1 Å². The van der Waals surface area contributed by atoms with Crippen LogP contribution in [0.25, 0.3) is 12.2 Å². The van der Waals surface area contributed by atoms with Crippen LogP contribution >= 0.6 is 0 Å². The molecule has 0 spiro atoms. The van der Waals surface area contributed by atoms with Crippen LogP contribution in [0.15, 0.2) is 65.3 Å². The Hall–Kier alpha value is -3.38. The van der Waals surface area contributed by atoms with Gasteiger partial charge in [-0.1, -0.05) is 30.3 Å². The van der Waals surface area contributed by atoms with E-state index < -0.39 is 0 Å². The first-order valence-corrected chi connectivity index (χ1v) is 8.95. The number of hydrogen-bond donors (Lipinski definition) is 2. The quantitative estimate of drug-likeness (QED) is 0.759. The van der Waals surface area contributed by atoms with Gasteiger partial charge in [0.05, 0.1) is 6.61 Å². The van der Waals surface area contributed by atoms with Gasteiger partial charge in [0.15, 0.2) is 0 Å². The van der Waals surface area contributed by atoms with Gasteiger partial charge in [0.2, 0.25) is 0 Å². The van der Waals surface area contributed by atoms with Crippen molar-refractivity contribution in [2.75, 3.05) is 32.1 Å². The Labute approximate surface area is 164 Å². The lowest BCUT2D eigenvalue weighted by Crippen LogP contribution is -2.26. The van der Waals surface area contributed by atoms with Gasteiger partial charge in [-0.25, -0.2) is 4.99 Å². The minimum Gasteiger partial charge on any atom is -0.508 e. The van der Waals surface area contributed by atoms with Crippen molar-refractivity contribution in [1.29, 1.82) is 0 Å². The molecule has 1 heterocycles. The number of amides is 1. The van der Waals surface area contributed by atoms with E-state index in [0.717, 1.165) is 16.8 Å². The molecule has 1 amide bonds. The molecule has 0 atom stereocenters. The van der Waals surface area contributed by atoms with Crippen LogP contribution in [0.2, 0.25) is 0 Å². The second-order valence-electron chi connectivity index (χ2n) is 6.53. The van der Waals surface area contributed by atoms with E-state index in [4.69, 9.17) is 5.11 Å². The lowest BCUT2D eigenvalue weighted by molar-refractivity contribution is -0.121. The molecule has 0 bridgehead atoms. The van der Waals surface area contributed by atoms with Crippen LogP contribution in [0.3, 0.4) is 0 Å². The third kappa shape index (κ3) is 4.47. The molecular weight excluding hydrogens is 354 g/mol. The van der Waals surface area contributed by atoms with Crippen LogP contribution in [0, 0.1) is 0 Å². The number of hydrogen-bond acceptors (Lipinski definition) is 5. The number of phenols is 1. The van der Waals surface area contributed by atoms with Gasteiger partial charge in [-0.05, 0) is 47.5 Å². The maximum Gasteiger partial charge on any atom is 0.277 e. The van der Waals surface area contributed by atoms with Gasteiger partial charge in [0, 0.05) is 26.3 Å². The van der Waals surface area contributed by atoms with Crippen LogP contribution < -0.4 is 4.90 Å². The van der Waals surface area contributed by atoms with E-state index in [1.54, 1.807) is 43.5 Å². The minimum atomic E-state index is -0.160. The Bertz CT molecular complexity index is 929. The molecule has 0 saturated carbocycles. The van der Waals surface area contributed by atoms with Crippen LogP contribution in [0.5, 0.6) is 5.75 Å². The number of nitrogens with zero attached hydrogens (tertiary/aromatic N) is 3. The van der Waals surface area contributed by atoms with Crippen molar-refractivity contribution in [1.82, 2.24) is 4.90 Å². The van der Waals surface area contributed by atoms with E-state index in [1.165, 1.54) is 4.90 Å². The topological polar surface area (TPSA) is 76.4 Å². The Morgan fingerprint density at radius 2 is 1.68 bits per heavy atom. The summed E-state index contributed by atoms with van der Waals surface area (Å²) in [5, 5.41) is 18.4. The zero-order chi connectivity index (χ0) is 20.1. The maximum absolute atomic E-state index is 12.5. The Morgan fingerprint density at radius 3 is 2.32 bits per heavy atom. The average Bonchev–Trinajstić information content (AvgIpc) is 2.96. The molecule has 2 aromatic carbocycles. The van der Waals surface area contributed by atoms with E-state index in [0.29, 0.717) is 18.1 Å². The zero-order valence-electron chi connectivity index (χ0n) is 15.9. The molecular formula is C22H23N3O3. The minimum absolute atomic E-state index is 0.0955. The molecule has 0 aromatic heterocycles. The van der Waals surface area contributed by atoms with E-state index in [9.17, 15) is 9.90 Å². The Kier molecular flexibility index (Phi) is 5.91. The smallest absolute Gasteiger partial charge is 0.277 e. The van der Waals surface area contributed by atoms with Gasteiger partial charge in [-0.15, -0.1) is 0 Å². The second-order valence-corrected chi connectivity index (χ2v) is 6.53. The highest BCUT2D eigenvalue weighted by molar-refractivity contribution is 6.18. The first-order chi connectivity index (χ1) is 13.5. The zero-order valence-corrected chi connectivity index (χ0v) is 15.9. The predicted octanol–water partition coefficient (Wildman–Crippen LogP) is 2.75. The van der Waals surface area contributed by atoms with Crippen molar-refractivity contribution in [3.05, 3.63) is 71.4 Å². The normalized spacial score (nSPS) is 15.5. The highest BCUT2D eigenvalue weighted by Crippen LogP contribution is 2.20.